The van der Waals surface area contributed by atoms with Crippen LogP contribution >= 0.6 is 22.8 Å². The molecule has 4 unspecified atom stereocenters. The summed E-state index contributed by atoms with van der Waals surface area (Å²) in [7, 11) is -13.1. The Morgan fingerprint density at radius 2 is 1.43 bits per heavy atom. The lowest BCUT2D eigenvalue weighted by molar-refractivity contribution is -0.160. The fraction of sp³-hybridized carbons (Fsp3) is 0.846. The number of Topliss-reactive ketones (excluding diaryl/α,β-unsaturated/α-hetero) is 1. The normalized spacial score (nSPS) is 15.9. The smallest absolute Gasteiger partial charge is 0.462 e. The summed E-state index contributed by atoms with van der Waals surface area (Å²) in [5.74, 6) is -1.52. The molecule has 278 valence electrons. The van der Waals surface area contributed by atoms with Crippen LogP contribution in [0.5, 0.6) is 0 Å². The van der Waals surface area contributed by atoms with Crippen molar-refractivity contribution in [3.63, 3.8) is 0 Å². The number of hydrogen-bond donors (Lipinski definition) is 5. The number of hydrogen-bond acceptors (Lipinski definition) is 13. The zero-order valence-electron chi connectivity index (χ0n) is 27.9. The van der Waals surface area contributed by atoms with E-state index in [9.17, 15) is 52.4 Å². The first kappa shape index (κ1) is 47.6. The van der Waals surface area contributed by atoms with E-state index in [-0.39, 0.29) is 76.6 Å². The summed E-state index contributed by atoms with van der Waals surface area (Å²) in [6, 6.07) is 0. The summed E-state index contributed by atoms with van der Waals surface area (Å²) in [5, 5.41) is 2.46. The molecule has 0 radical (unpaired) electrons. The molecule has 0 spiro atoms. The second-order valence-corrected chi connectivity index (χ2v) is 16.8. The summed E-state index contributed by atoms with van der Waals surface area (Å²) in [4.78, 5) is 80.4. The number of phosphoric ester groups is 1. The molecule has 0 fully saturated rings. The topological polar surface area (TPSA) is 268 Å². The minimum Gasteiger partial charge on any atom is -0.462 e. The van der Waals surface area contributed by atoms with E-state index in [1.807, 2.05) is 6.92 Å². The zero-order valence-corrected chi connectivity index (χ0v) is 30.6. The minimum absolute atomic E-state index is 0.0681. The second kappa shape index (κ2) is 24.6. The monoisotopic (exact) mass is 743 g/mol. The van der Waals surface area contributed by atoms with Gasteiger partial charge in [-0.15, -0.1) is 0 Å². The number of carbonyl (C=O) groups excluding carboxylic acids is 4. The van der Waals surface area contributed by atoms with Crippen LogP contribution in [0.1, 0.15) is 73.1 Å². The van der Waals surface area contributed by atoms with E-state index in [0.29, 0.717) is 19.8 Å². The van der Waals surface area contributed by atoms with Crippen LogP contribution in [0.15, 0.2) is 0 Å². The first-order chi connectivity index (χ1) is 21.7. The molecule has 4 atom stereocenters. The van der Waals surface area contributed by atoms with Gasteiger partial charge in [0.2, 0.25) is 13.3 Å². The second-order valence-electron chi connectivity index (χ2n) is 10.2. The fourth-order valence-electron chi connectivity index (χ4n) is 3.14. The van der Waals surface area contributed by atoms with Crippen molar-refractivity contribution in [2.24, 2.45) is 0 Å². The van der Waals surface area contributed by atoms with Crippen LogP contribution in [0.25, 0.3) is 0 Å². The highest BCUT2D eigenvalue weighted by Gasteiger charge is 2.53. The van der Waals surface area contributed by atoms with Gasteiger partial charge >= 0.3 is 27.4 Å². The number of esters is 2. The van der Waals surface area contributed by atoms with Crippen molar-refractivity contribution in [3.05, 3.63) is 0 Å². The van der Waals surface area contributed by atoms with Crippen molar-refractivity contribution in [1.29, 1.82) is 0 Å². The molecule has 1 amide bonds. The average Bonchev–Trinajstić information content (AvgIpc) is 2.97. The van der Waals surface area contributed by atoms with Gasteiger partial charge in [0.05, 0.1) is 26.4 Å². The summed E-state index contributed by atoms with van der Waals surface area (Å²) in [6.45, 7) is 8.82. The van der Waals surface area contributed by atoms with Crippen LogP contribution < -0.4 is 5.32 Å². The van der Waals surface area contributed by atoms with E-state index in [1.165, 1.54) is 6.92 Å². The van der Waals surface area contributed by atoms with Gasteiger partial charge in [0.25, 0.3) is 0 Å². The Balaban J connectivity index is 0. The van der Waals surface area contributed by atoms with Gasteiger partial charge < -0.3 is 43.8 Å². The summed E-state index contributed by atoms with van der Waals surface area (Å²) < 4.78 is 64.5. The maximum absolute atomic E-state index is 11.9. The highest BCUT2D eigenvalue weighted by atomic mass is 31.2. The van der Waals surface area contributed by atoms with Crippen molar-refractivity contribution in [1.82, 2.24) is 5.32 Å². The van der Waals surface area contributed by atoms with Gasteiger partial charge in [-0.2, -0.15) is 0 Å². The van der Waals surface area contributed by atoms with E-state index in [1.54, 1.807) is 13.8 Å². The van der Waals surface area contributed by atoms with Crippen LogP contribution in [0.3, 0.4) is 0 Å². The summed E-state index contributed by atoms with van der Waals surface area (Å²) in [6.07, 6.45) is -0.446. The molecule has 0 aliphatic heterocycles. The molecule has 0 aliphatic carbocycles. The number of amides is 1. The van der Waals surface area contributed by atoms with Gasteiger partial charge in [0, 0.05) is 46.0 Å². The maximum Gasteiger partial charge on any atom is 0.472 e. The van der Waals surface area contributed by atoms with Crippen LogP contribution in [0.2, 0.25) is 0 Å². The lowest BCUT2D eigenvalue weighted by Gasteiger charge is -2.32. The molecule has 18 nitrogen and oxygen atoms in total. The molecule has 0 aliphatic rings. The molecule has 0 saturated heterocycles. The van der Waals surface area contributed by atoms with Crippen molar-refractivity contribution in [2.75, 3.05) is 59.5 Å². The summed E-state index contributed by atoms with van der Waals surface area (Å²) in [5.41, 5.74) is 0. The molecule has 21 heteroatoms. The quantitative estimate of drug-likeness (QED) is 0.0510. The largest absolute Gasteiger partial charge is 0.472 e. The van der Waals surface area contributed by atoms with E-state index >= 15 is 0 Å². The predicted molar refractivity (Wildman–Crippen MR) is 169 cm³/mol. The van der Waals surface area contributed by atoms with E-state index in [0.717, 1.165) is 13.6 Å². The van der Waals surface area contributed by atoms with Crippen LogP contribution in [-0.2, 0) is 60.9 Å². The Bertz CT molecular complexity index is 1070. The Morgan fingerprint density at radius 1 is 0.830 bits per heavy atom. The highest BCUT2D eigenvalue weighted by Crippen LogP contribution is 2.70. The fourth-order valence-corrected chi connectivity index (χ4v) is 6.89. The number of ketones is 1. The Kier molecular flexibility index (Phi) is 24.9. The molecule has 5 N–H and O–H groups in total. The van der Waals surface area contributed by atoms with Gasteiger partial charge in [-0.1, -0.05) is 13.8 Å². The number of carbonyl (C=O) groups is 4. The van der Waals surface area contributed by atoms with E-state index in [2.05, 4.69) is 5.32 Å². The van der Waals surface area contributed by atoms with Gasteiger partial charge in [-0.05, 0) is 33.1 Å². The molecular formula is C26H52NO17P3. The number of ether oxygens (including phenoxy) is 4. The minimum atomic E-state index is -4.70. The number of rotatable bonds is 25. The molecule has 0 aromatic heterocycles. The Labute approximate surface area is 275 Å². The van der Waals surface area contributed by atoms with Crippen molar-refractivity contribution in [2.45, 2.75) is 84.1 Å². The van der Waals surface area contributed by atoms with Gasteiger partial charge in [-0.3, -0.25) is 37.4 Å². The van der Waals surface area contributed by atoms with Gasteiger partial charge in [-0.25, -0.2) is 4.57 Å². The highest BCUT2D eigenvalue weighted by molar-refractivity contribution is 7.75. The molecule has 0 saturated carbocycles. The van der Waals surface area contributed by atoms with Gasteiger partial charge in [0.15, 0.2) is 11.9 Å². The Morgan fingerprint density at radius 3 is 1.94 bits per heavy atom. The van der Waals surface area contributed by atoms with E-state index < -0.39 is 52.3 Å². The lowest BCUT2D eigenvalue weighted by atomic mass is 10.2. The third kappa shape index (κ3) is 23.4. The first-order valence-corrected chi connectivity index (χ1v) is 20.1. The van der Waals surface area contributed by atoms with Crippen molar-refractivity contribution in [3.8, 4) is 0 Å². The average molecular weight is 744 g/mol. The molecule has 0 aromatic rings. The molecular weight excluding hydrogens is 691 g/mol. The van der Waals surface area contributed by atoms with Crippen LogP contribution in [0, 0.1) is 0 Å². The maximum atomic E-state index is 11.9. The molecule has 0 aromatic carbocycles. The van der Waals surface area contributed by atoms with Crippen molar-refractivity contribution >= 4 is 46.4 Å². The molecule has 0 rings (SSSR count). The first-order valence-electron chi connectivity index (χ1n) is 14.9. The predicted octanol–water partition coefficient (Wildman–Crippen LogP) is 2.49. The molecule has 0 bridgehead atoms. The van der Waals surface area contributed by atoms with E-state index in [4.69, 9.17) is 28.0 Å². The SMILES string of the molecule is CC(=O)NCCCC(C)(P(C)(=O)O)P(=O)(O)O.CCOCCOCC(=O)CCCOP(=O)(O)OCC(COC(=O)CC)OC(=O)CC. The van der Waals surface area contributed by atoms with Crippen LogP contribution in [-0.4, -0.2) is 114 Å². The zero-order chi connectivity index (χ0) is 36.7. The lowest BCUT2D eigenvalue weighted by Crippen LogP contribution is -2.29. The third-order valence-electron chi connectivity index (χ3n) is 6.15. The molecule has 0 heterocycles. The van der Waals surface area contributed by atoms with Crippen molar-refractivity contribution < 1.29 is 80.4 Å². The standard InChI is InChI=1S/C18H33O11P.C8H19NO6P2/c1-4-17(20)26-13-16(29-18(21)5-2)14-28-30(22,23)27-9-7-8-15(19)12-25-11-10-24-6-3;1-7(10)9-6-4-5-8(2,16(3,11)12)17(13,14)15/h16H,4-14H2,1-3H3,(H,22,23);4-6H2,1-3H3,(H,9,10)(H,11,12)(H2,13,14,15). The number of nitrogens with one attached hydrogen (secondary N) is 1. The van der Waals surface area contributed by atoms with Crippen LogP contribution in [0.4, 0.5) is 0 Å². The molecule has 47 heavy (non-hydrogen) atoms. The summed E-state index contributed by atoms with van der Waals surface area (Å²) >= 11 is 0. The number of phosphoric acid groups is 1. The van der Waals surface area contributed by atoms with Gasteiger partial charge in [0.1, 0.15) is 18.1 Å². The Hall–Kier alpha value is -1.55. The third-order valence-corrected chi connectivity index (χ3v) is 12.5.